The Hall–Kier alpha value is -3.54. The van der Waals surface area contributed by atoms with Crippen molar-refractivity contribution in [3.8, 4) is 11.3 Å². The maximum atomic E-state index is 13.1. The Morgan fingerprint density at radius 2 is 2.00 bits per heavy atom. The van der Waals surface area contributed by atoms with Gasteiger partial charge in [-0.05, 0) is 51.1 Å². The average molecular weight is 372 g/mol. The van der Waals surface area contributed by atoms with Gasteiger partial charge in [0.05, 0.1) is 22.5 Å². The van der Waals surface area contributed by atoms with Gasteiger partial charge in [0, 0.05) is 35.5 Å². The number of aryl methyl sites for hydroxylation is 3. The van der Waals surface area contributed by atoms with Gasteiger partial charge in [-0.1, -0.05) is 16.8 Å². The summed E-state index contributed by atoms with van der Waals surface area (Å²) in [6, 6.07) is 11.5. The normalized spacial score (nSPS) is 11.0. The number of rotatable bonds is 4. The Bertz CT molecular complexity index is 1150. The minimum atomic E-state index is -0.164. The fourth-order valence-electron chi connectivity index (χ4n) is 3.21. The van der Waals surface area contributed by atoms with E-state index in [1.165, 1.54) is 0 Å². The molecule has 6 heteroatoms. The van der Waals surface area contributed by atoms with Crippen LogP contribution in [0.3, 0.4) is 0 Å². The molecule has 0 unspecified atom stereocenters. The molecule has 1 N–H and O–H groups in total. The van der Waals surface area contributed by atoms with Gasteiger partial charge in [-0.3, -0.25) is 9.78 Å². The molecule has 0 saturated heterocycles. The first-order valence-electron chi connectivity index (χ1n) is 9.04. The first kappa shape index (κ1) is 17.9. The van der Waals surface area contributed by atoms with Gasteiger partial charge in [0.15, 0.2) is 0 Å². The van der Waals surface area contributed by atoms with Crippen LogP contribution in [0.2, 0.25) is 0 Å². The molecule has 0 aliphatic heterocycles. The van der Waals surface area contributed by atoms with E-state index in [1.807, 2.05) is 57.2 Å². The van der Waals surface area contributed by atoms with Crippen LogP contribution >= 0.6 is 0 Å². The molecule has 28 heavy (non-hydrogen) atoms. The van der Waals surface area contributed by atoms with Crippen LogP contribution in [0.15, 0.2) is 53.3 Å². The lowest BCUT2D eigenvalue weighted by Crippen LogP contribution is -2.23. The average Bonchev–Trinajstić information content (AvgIpc) is 3.03. The van der Waals surface area contributed by atoms with Crippen molar-refractivity contribution in [3.05, 3.63) is 76.9 Å². The van der Waals surface area contributed by atoms with E-state index in [0.717, 1.165) is 33.3 Å². The van der Waals surface area contributed by atoms with Gasteiger partial charge in [-0.25, -0.2) is 4.98 Å². The molecule has 1 aromatic carbocycles. The Balaban J connectivity index is 1.75. The lowest BCUT2D eigenvalue weighted by molar-refractivity contribution is 0.0952. The number of carbonyl (C=O) groups is 1. The standard InChI is InChI=1S/C22H20N4O2/c1-13-6-7-20-17(9-13)18(10-21(25-20)16-5-4-8-23-11-16)22(27)24-12-19-14(2)26-28-15(19)3/h4-11H,12H2,1-3H3,(H,24,27). The number of hydrogen-bond acceptors (Lipinski definition) is 5. The van der Waals surface area contributed by atoms with Crippen molar-refractivity contribution in [2.75, 3.05) is 0 Å². The van der Waals surface area contributed by atoms with Crippen molar-refractivity contribution >= 4 is 16.8 Å². The molecule has 0 aliphatic rings. The predicted octanol–water partition coefficient (Wildman–Crippen LogP) is 4.14. The molecule has 0 atom stereocenters. The van der Waals surface area contributed by atoms with E-state index in [0.29, 0.717) is 23.6 Å². The highest BCUT2D eigenvalue weighted by Crippen LogP contribution is 2.25. The molecule has 0 radical (unpaired) electrons. The van der Waals surface area contributed by atoms with Crippen molar-refractivity contribution in [1.82, 2.24) is 20.4 Å². The van der Waals surface area contributed by atoms with E-state index < -0.39 is 0 Å². The second-order valence-electron chi connectivity index (χ2n) is 6.80. The molecule has 4 rings (SSSR count). The summed E-state index contributed by atoms with van der Waals surface area (Å²) in [6.45, 7) is 6.06. The zero-order valence-electron chi connectivity index (χ0n) is 16.0. The first-order valence-corrected chi connectivity index (χ1v) is 9.04. The molecule has 1 amide bonds. The van der Waals surface area contributed by atoms with E-state index in [9.17, 15) is 4.79 Å². The third-order valence-electron chi connectivity index (χ3n) is 4.77. The minimum absolute atomic E-state index is 0.164. The summed E-state index contributed by atoms with van der Waals surface area (Å²) in [4.78, 5) is 21.9. The van der Waals surface area contributed by atoms with E-state index in [2.05, 4.69) is 15.5 Å². The van der Waals surface area contributed by atoms with Crippen molar-refractivity contribution in [2.24, 2.45) is 0 Å². The van der Waals surface area contributed by atoms with Crippen LogP contribution in [0.1, 0.15) is 32.9 Å². The monoisotopic (exact) mass is 372 g/mol. The van der Waals surface area contributed by atoms with Gasteiger partial charge in [-0.15, -0.1) is 0 Å². The summed E-state index contributed by atoms with van der Waals surface area (Å²) in [7, 11) is 0. The van der Waals surface area contributed by atoms with Gasteiger partial charge < -0.3 is 9.84 Å². The fourth-order valence-corrected chi connectivity index (χ4v) is 3.21. The van der Waals surface area contributed by atoms with Crippen LogP contribution in [0.25, 0.3) is 22.2 Å². The summed E-state index contributed by atoms with van der Waals surface area (Å²) in [5.41, 5.74) is 5.69. The number of benzene rings is 1. The van der Waals surface area contributed by atoms with Crippen molar-refractivity contribution in [2.45, 2.75) is 27.3 Å². The highest BCUT2D eigenvalue weighted by atomic mass is 16.5. The van der Waals surface area contributed by atoms with Crippen LogP contribution in [0, 0.1) is 20.8 Å². The van der Waals surface area contributed by atoms with Crippen LogP contribution in [-0.4, -0.2) is 21.0 Å². The molecule has 0 bridgehead atoms. The zero-order chi connectivity index (χ0) is 19.7. The molecule has 6 nitrogen and oxygen atoms in total. The number of aromatic nitrogens is 3. The van der Waals surface area contributed by atoms with Gasteiger partial charge in [-0.2, -0.15) is 0 Å². The minimum Gasteiger partial charge on any atom is -0.361 e. The maximum Gasteiger partial charge on any atom is 0.252 e. The van der Waals surface area contributed by atoms with E-state index >= 15 is 0 Å². The molecular weight excluding hydrogens is 352 g/mol. The third-order valence-corrected chi connectivity index (χ3v) is 4.77. The lowest BCUT2D eigenvalue weighted by atomic mass is 10.0. The van der Waals surface area contributed by atoms with E-state index in [4.69, 9.17) is 9.51 Å². The maximum absolute atomic E-state index is 13.1. The molecule has 0 saturated carbocycles. The number of fused-ring (bicyclic) bond motifs is 1. The summed E-state index contributed by atoms with van der Waals surface area (Å²) in [5.74, 6) is 0.549. The van der Waals surface area contributed by atoms with Crippen molar-refractivity contribution in [1.29, 1.82) is 0 Å². The third kappa shape index (κ3) is 3.36. The van der Waals surface area contributed by atoms with E-state index in [1.54, 1.807) is 12.4 Å². The second kappa shape index (κ2) is 7.23. The quantitative estimate of drug-likeness (QED) is 0.582. The van der Waals surface area contributed by atoms with Crippen LogP contribution in [-0.2, 0) is 6.54 Å². The SMILES string of the molecule is Cc1ccc2nc(-c3cccnc3)cc(C(=O)NCc3c(C)noc3C)c2c1. The van der Waals surface area contributed by atoms with E-state index in [-0.39, 0.29) is 5.91 Å². The summed E-state index contributed by atoms with van der Waals surface area (Å²) < 4.78 is 5.18. The molecule has 4 aromatic rings. The number of nitrogens with zero attached hydrogens (tertiary/aromatic N) is 3. The largest absolute Gasteiger partial charge is 0.361 e. The highest BCUT2D eigenvalue weighted by Gasteiger charge is 2.16. The number of hydrogen-bond donors (Lipinski definition) is 1. The van der Waals surface area contributed by atoms with Crippen LogP contribution < -0.4 is 5.32 Å². The topological polar surface area (TPSA) is 80.9 Å². The number of carbonyl (C=O) groups excluding carboxylic acids is 1. The summed E-state index contributed by atoms with van der Waals surface area (Å²) in [6.07, 6.45) is 3.46. The van der Waals surface area contributed by atoms with Crippen molar-refractivity contribution < 1.29 is 9.32 Å². The smallest absolute Gasteiger partial charge is 0.252 e. The predicted molar refractivity (Wildman–Crippen MR) is 107 cm³/mol. The molecule has 3 heterocycles. The van der Waals surface area contributed by atoms with Crippen LogP contribution in [0.5, 0.6) is 0 Å². The Morgan fingerprint density at radius 3 is 2.71 bits per heavy atom. The Morgan fingerprint density at radius 1 is 1.14 bits per heavy atom. The zero-order valence-corrected chi connectivity index (χ0v) is 16.0. The lowest BCUT2D eigenvalue weighted by Gasteiger charge is -2.11. The Labute approximate surface area is 162 Å². The van der Waals surface area contributed by atoms with Gasteiger partial charge in [0.25, 0.3) is 5.91 Å². The highest BCUT2D eigenvalue weighted by molar-refractivity contribution is 6.07. The van der Waals surface area contributed by atoms with Crippen LogP contribution in [0.4, 0.5) is 0 Å². The number of amides is 1. The summed E-state index contributed by atoms with van der Waals surface area (Å²) >= 11 is 0. The van der Waals surface area contributed by atoms with Gasteiger partial charge in [0.1, 0.15) is 5.76 Å². The Kier molecular flexibility index (Phi) is 4.61. The molecule has 3 aromatic heterocycles. The fraction of sp³-hybridized carbons (Fsp3) is 0.182. The molecular formula is C22H20N4O2. The van der Waals surface area contributed by atoms with Gasteiger partial charge in [0.2, 0.25) is 0 Å². The molecule has 140 valence electrons. The summed E-state index contributed by atoms with van der Waals surface area (Å²) in [5, 5.41) is 7.75. The molecule has 0 fully saturated rings. The molecule has 0 aliphatic carbocycles. The van der Waals surface area contributed by atoms with Crippen molar-refractivity contribution in [3.63, 3.8) is 0 Å². The molecule has 0 spiro atoms. The number of pyridine rings is 2. The second-order valence-corrected chi connectivity index (χ2v) is 6.80. The number of nitrogens with one attached hydrogen (secondary N) is 1. The first-order chi connectivity index (χ1) is 13.5. The van der Waals surface area contributed by atoms with Gasteiger partial charge >= 0.3 is 0 Å².